The predicted octanol–water partition coefficient (Wildman–Crippen LogP) is 2.83. The average molecular weight is 421 g/mol. The highest BCUT2D eigenvalue weighted by molar-refractivity contribution is 6.02. The van der Waals surface area contributed by atoms with Crippen LogP contribution < -0.4 is 20.4 Å². The van der Waals surface area contributed by atoms with Crippen molar-refractivity contribution < 1.29 is 18.7 Å². The molecule has 0 aliphatic rings. The second-order valence-corrected chi connectivity index (χ2v) is 7.23. The molecule has 1 amide bonds. The smallest absolute Gasteiger partial charge is 0.347 e. The maximum absolute atomic E-state index is 12.6. The van der Waals surface area contributed by atoms with E-state index in [4.69, 9.17) is 13.9 Å². The third kappa shape index (κ3) is 4.09. The molecule has 0 atom stereocenters. The van der Waals surface area contributed by atoms with Gasteiger partial charge in [0.2, 0.25) is 5.91 Å². The highest BCUT2D eigenvalue weighted by Crippen LogP contribution is 2.25. The van der Waals surface area contributed by atoms with Gasteiger partial charge in [0, 0.05) is 18.0 Å². The molecule has 8 heteroatoms. The molecular weight excluding hydrogens is 398 g/mol. The summed E-state index contributed by atoms with van der Waals surface area (Å²) >= 11 is 0. The summed E-state index contributed by atoms with van der Waals surface area (Å²) in [5.41, 5.74) is 2.59. The van der Waals surface area contributed by atoms with Crippen molar-refractivity contribution in [3.05, 3.63) is 64.1 Å². The summed E-state index contributed by atoms with van der Waals surface area (Å²) in [7, 11) is 3.20. The van der Waals surface area contributed by atoms with Gasteiger partial charge in [-0.05, 0) is 37.1 Å². The molecule has 1 N–H and O–H groups in total. The van der Waals surface area contributed by atoms with Gasteiger partial charge in [-0.2, -0.15) is 5.10 Å². The number of hydrogen-bond acceptors (Lipinski definition) is 6. The highest BCUT2D eigenvalue weighted by atomic mass is 16.5. The van der Waals surface area contributed by atoms with Crippen molar-refractivity contribution in [3.8, 4) is 11.5 Å². The molecule has 2 aromatic heterocycles. The minimum absolute atomic E-state index is 0.00422. The van der Waals surface area contributed by atoms with Gasteiger partial charge in [-0.3, -0.25) is 9.48 Å². The Morgan fingerprint density at radius 3 is 2.74 bits per heavy atom. The van der Waals surface area contributed by atoms with Crippen LogP contribution in [0.4, 0.5) is 0 Å². The van der Waals surface area contributed by atoms with E-state index in [9.17, 15) is 9.59 Å². The number of rotatable bonds is 7. The normalized spacial score (nSPS) is 11.1. The second-order valence-electron chi connectivity index (χ2n) is 7.23. The van der Waals surface area contributed by atoms with Crippen LogP contribution in [0.2, 0.25) is 0 Å². The third-order valence-electron chi connectivity index (χ3n) is 5.16. The number of aryl methyl sites for hydroxylation is 1. The number of hydrogen-bond donors (Lipinski definition) is 1. The van der Waals surface area contributed by atoms with E-state index >= 15 is 0 Å². The molecule has 8 nitrogen and oxygen atoms in total. The molecule has 0 spiro atoms. The van der Waals surface area contributed by atoms with Crippen LogP contribution in [-0.2, 0) is 17.8 Å². The Bertz CT molecular complexity index is 1320. The van der Waals surface area contributed by atoms with Gasteiger partial charge in [-0.1, -0.05) is 17.7 Å². The number of nitrogens with one attached hydrogen (secondary N) is 1. The van der Waals surface area contributed by atoms with Crippen molar-refractivity contribution in [1.29, 1.82) is 0 Å². The molecule has 0 unspecified atom stereocenters. The molecule has 2 aromatic carbocycles. The zero-order chi connectivity index (χ0) is 22.0. The van der Waals surface area contributed by atoms with Crippen molar-refractivity contribution in [2.45, 2.75) is 19.9 Å². The molecule has 0 saturated heterocycles. The van der Waals surface area contributed by atoms with Gasteiger partial charge >= 0.3 is 5.63 Å². The van der Waals surface area contributed by atoms with Gasteiger partial charge in [0.05, 0.1) is 25.9 Å². The van der Waals surface area contributed by atoms with Crippen LogP contribution in [0.15, 0.2) is 51.8 Å². The highest BCUT2D eigenvalue weighted by Gasteiger charge is 2.15. The lowest BCUT2D eigenvalue weighted by molar-refractivity contribution is -0.121. The Balaban J connectivity index is 1.50. The standard InChI is InChI=1S/C23H23N3O5/c1-14-4-7-19-17(10-14)22-18(23(28)31-19)12-25-26(22)13-21(27)24-9-8-15-5-6-16(29-2)11-20(15)30-3/h4-7,10-12H,8-9,13H2,1-3H3,(H,24,27). The summed E-state index contributed by atoms with van der Waals surface area (Å²) < 4.78 is 17.5. The molecule has 0 fully saturated rings. The molecule has 2 heterocycles. The summed E-state index contributed by atoms with van der Waals surface area (Å²) in [4.78, 5) is 24.8. The molecule has 0 radical (unpaired) electrons. The number of ether oxygens (including phenoxy) is 2. The average Bonchev–Trinajstić information content (AvgIpc) is 3.19. The second kappa shape index (κ2) is 8.51. The summed E-state index contributed by atoms with van der Waals surface area (Å²) in [5, 5.41) is 8.26. The van der Waals surface area contributed by atoms with Crippen LogP contribution in [-0.4, -0.2) is 36.5 Å². The number of nitrogens with zero attached hydrogens (tertiary/aromatic N) is 2. The quantitative estimate of drug-likeness (QED) is 0.461. The lowest BCUT2D eigenvalue weighted by Gasteiger charge is -2.11. The molecule has 0 aliphatic heterocycles. The Kier molecular flexibility index (Phi) is 5.62. The van der Waals surface area contributed by atoms with E-state index in [0.717, 1.165) is 16.5 Å². The summed E-state index contributed by atoms with van der Waals surface area (Å²) in [6, 6.07) is 11.1. The predicted molar refractivity (Wildman–Crippen MR) is 117 cm³/mol. The summed E-state index contributed by atoms with van der Waals surface area (Å²) in [6.07, 6.45) is 2.04. The van der Waals surface area contributed by atoms with E-state index in [0.29, 0.717) is 41.0 Å². The van der Waals surface area contributed by atoms with Crippen LogP contribution in [0.3, 0.4) is 0 Å². The topological polar surface area (TPSA) is 95.6 Å². The van der Waals surface area contributed by atoms with Gasteiger partial charge < -0.3 is 19.2 Å². The molecule has 160 valence electrons. The van der Waals surface area contributed by atoms with Crippen LogP contribution >= 0.6 is 0 Å². The van der Waals surface area contributed by atoms with Gasteiger partial charge in [-0.25, -0.2) is 4.79 Å². The number of amides is 1. The van der Waals surface area contributed by atoms with Crippen molar-refractivity contribution in [1.82, 2.24) is 15.1 Å². The molecular formula is C23H23N3O5. The van der Waals surface area contributed by atoms with Crippen LogP contribution in [0, 0.1) is 6.92 Å². The first-order chi connectivity index (χ1) is 15.0. The Labute approximate surface area is 178 Å². The molecule has 4 aromatic rings. The molecule has 31 heavy (non-hydrogen) atoms. The fraction of sp³-hybridized carbons (Fsp3) is 0.261. The lowest BCUT2D eigenvalue weighted by atomic mass is 10.1. The van der Waals surface area contributed by atoms with Crippen LogP contribution in [0.5, 0.6) is 11.5 Å². The first kappa shape index (κ1) is 20.5. The zero-order valence-corrected chi connectivity index (χ0v) is 17.6. The number of aromatic nitrogens is 2. The van der Waals surface area contributed by atoms with E-state index in [1.165, 1.54) is 10.9 Å². The Morgan fingerprint density at radius 2 is 1.97 bits per heavy atom. The molecule has 0 bridgehead atoms. The molecule has 4 rings (SSSR count). The Hall–Kier alpha value is -3.81. The SMILES string of the molecule is COc1ccc(CCNC(=O)Cn2ncc3c(=O)oc4ccc(C)cc4c32)c(OC)c1. The summed E-state index contributed by atoms with van der Waals surface area (Å²) in [6.45, 7) is 2.38. The monoisotopic (exact) mass is 421 g/mol. The van der Waals surface area contributed by atoms with Crippen molar-refractivity contribution in [2.75, 3.05) is 20.8 Å². The van der Waals surface area contributed by atoms with Crippen molar-refractivity contribution in [2.24, 2.45) is 0 Å². The summed E-state index contributed by atoms with van der Waals surface area (Å²) in [5.74, 6) is 1.22. The number of methoxy groups -OCH3 is 2. The zero-order valence-electron chi connectivity index (χ0n) is 17.6. The first-order valence-corrected chi connectivity index (χ1v) is 9.86. The lowest BCUT2D eigenvalue weighted by Crippen LogP contribution is -2.29. The first-order valence-electron chi connectivity index (χ1n) is 9.86. The van der Waals surface area contributed by atoms with Gasteiger partial charge in [0.1, 0.15) is 29.0 Å². The third-order valence-corrected chi connectivity index (χ3v) is 5.16. The largest absolute Gasteiger partial charge is 0.497 e. The fourth-order valence-corrected chi connectivity index (χ4v) is 3.60. The van der Waals surface area contributed by atoms with E-state index in [1.807, 2.05) is 37.3 Å². The molecule has 0 saturated carbocycles. The number of carbonyl (C=O) groups is 1. The van der Waals surface area contributed by atoms with Crippen LogP contribution in [0.1, 0.15) is 11.1 Å². The van der Waals surface area contributed by atoms with Gasteiger partial charge in [0.15, 0.2) is 0 Å². The minimum atomic E-state index is -0.468. The number of benzene rings is 2. The maximum atomic E-state index is 12.6. The van der Waals surface area contributed by atoms with Gasteiger partial charge in [0.25, 0.3) is 0 Å². The van der Waals surface area contributed by atoms with Crippen LogP contribution in [0.25, 0.3) is 21.9 Å². The molecule has 0 aliphatic carbocycles. The van der Waals surface area contributed by atoms with E-state index < -0.39 is 5.63 Å². The fourth-order valence-electron chi connectivity index (χ4n) is 3.60. The van der Waals surface area contributed by atoms with Gasteiger partial charge in [-0.15, -0.1) is 0 Å². The van der Waals surface area contributed by atoms with E-state index in [2.05, 4.69) is 10.4 Å². The van der Waals surface area contributed by atoms with E-state index in [1.54, 1.807) is 20.3 Å². The Morgan fingerprint density at radius 1 is 1.13 bits per heavy atom. The van der Waals surface area contributed by atoms with Crippen molar-refractivity contribution >= 4 is 27.8 Å². The van der Waals surface area contributed by atoms with E-state index in [-0.39, 0.29) is 12.5 Å². The van der Waals surface area contributed by atoms with Crippen molar-refractivity contribution in [3.63, 3.8) is 0 Å². The number of fused-ring (bicyclic) bond motifs is 3. The minimum Gasteiger partial charge on any atom is -0.497 e. The maximum Gasteiger partial charge on any atom is 0.347 e. The number of carbonyl (C=O) groups excluding carboxylic acids is 1.